The Bertz CT molecular complexity index is 747. The molecule has 1 N–H and O–H groups in total. The second kappa shape index (κ2) is 5.27. The molecule has 0 bridgehead atoms. The largest absolute Gasteiger partial charge is 0.392 e. The number of nitrogens with zero attached hydrogens (tertiary/aromatic N) is 2. The van der Waals surface area contributed by atoms with E-state index in [1.54, 1.807) is 12.3 Å². The Morgan fingerprint density at radius 2 is 2.05 bits per heavy atom. The van der Waals surface area contributed by atoms with Crippen LogP contribution in [0.1, 0.15) is 16.7 Å². The Labute approximate surface area is 122 Å². The maximum atomic E-state index is 9.39. The van der Waals surface area contributed by atoms with Crippen LogP contribution in [0.15, 0.2) is 42.7 Å². The summed E-state index contributed by atoms with van der Waals surface area (Å²) in [6.45, 7) is 2.85. The fourth-order valence-electron chi connectivity index (χ4n) is 2.52. The zero-order valence-corrected chi connectivity index (χ0v) is 11.9. The molecule has 0 aliphatic carbocycles. The van der Waals surface area contributed by atoms with Gasteiger partial charge in [-0.3, -0.25) is 0 Å². The molecule has 2 heterocycles. The molecule has 0 saturated heterocycles. The maximum Gasteiger partial charge on any atom is 0.129 e. The van der Waals surface area contributed by atoms with Gasteiger partial charge in [0.05, 0.1) is 12.1 Å². The minimum Gasteiger partial charge on any atom is -0.392 e. The molecule has 3 rings (SSSR count). The molecule has 0 atom stereocenters. The number of aryl methyl sites for hydroxylation is 1. The topological polar surface area (TPSA) is 38.0 Å². The van der Waals surface area contributed by atoms with E-state index in [1.165, 1.54) is 5.39 Å². The lowest BCUT2D eigenvalue weighted by molar-refractivity contribution is 0.281. The van der Waals surface area contributed by atoms with Gasteiger partial charge >= 0.3 is 0 Å². The monoisotopic (exact) mass is 286 g/mol. The summed E-state index contributed by atoms with van der Waals surface area (Å²) >= 11 is 5.81. The molecule has 0 fully saturated rings. The van der Waals surface area contributed by atoms with Crippen LogP contribution < -0.4 is 0 Å². The average molecular weight is 287 g/mol. The first kappa shape index (κ1) is 13.2. The number of aliphatic hydroxyl groups is 1. The quantitative estimate of drug-likeness (QED) is 0.748. The van der Waals surface area contributed by atoms with Gasteiger partial charge in [-0.25, -0.2) is 4.98 Å². The normalized spacial score (nSPS) is 11.2. The highest BCUT2D eigenvalue weighted by molar-refractivity contribution is 6.29. The second-order valence-electron chi connectivity index (χ2n) is 4.88. The van der Waals surface area contributed by atoms with Gasteiger partial charge in [-0.2, -0.15) is 0 Å². The summed E-state index contributed by atoms with van der Waals surface area (Å²) in [6.07, 6.45) is 3.85. The van der Waals surface area contributed by atoms with Crippen molar-refractivity contribution in [1.82, 2.24) is 9.55 Å². The van der Waals surface area contributed by atoms with E-state index >= 15 is 0 Å². The lowest BCUT2D eigenvalue weighted by atomic mass is 10.1. The van der Waals surface area contributed by atoms with Gasteiger partial charge in [0, 0.05) is 18.9 Å². The summed E-state index contributed by atoms with van der Waals surface area (Å²) < 4.78 is 2.18. The van der Waals surface area contributed by atoms with Gasteiger partial charge in [0.2, 0.25) is 0 Å². The van der Waals surface area contributed by atoms with Gasteiger partial charge in [0.25, 0.3) is 0 Å². The van der Waals surface area contributed by atoms with Crippen molar-refractivity contribution in [2.45, 2.75) is 20.1 Å². The van der Waals surface area contributed by atoms with Crippen molar-refractivity contribution in [2.75, 3.05) is 0 Å². The van der Waals surface area contributed by atoms with Crippen molar-refractivity contribution in [2.24, 2.45) is 0 Å². The molecular formula is C16H15ClN2O. The van der Waals surface area contributed by atoms with Gasteiger partial charge in [-0.1, -0.05) is 29.8 Å². The summed E-state index contributed by atoms with van der Waals surface area (Å²) in [5.74, 6) is 0. The van der Waals surface area contributed by atoms with Gasteiger partial charge in [-0.05, 0) is 41.1 Å². The first-order chi connectivity index (χ1) is 9.69. The summed E-state index contributed by atoms with van der Waals surface area (Å²) in [5.41, 5.74) is 4.34. The third kappa shape index (κ3) is 2.30. The molecule has 102 valence electrons. The predicted octanol–water partition coefficient (Wildman–Crippen LogP) is 3.54. The van der Waals surface area contributed by atoms with E-state index in [1.807, 2.05) is 25.1 Å². The van der Waals surface area contributed by atoms with E-state index < -0.39 is 0 Å². The van der Waals surface area contributed by atoms with Crippen LogP contribution in [0.4, 0.5) is 0 Å². The fraction of sp³-hybridized carbons (Fsp3) is 0.188. The molecule has 0 saturated carbocycles. The van der Waals surface area contributed by atoms with Crippen molar-refractivity contribution < 1.29 is 5.11 Å². The number of fused-ring (bicyclic) bond motifs is 1. The smallest absolute Gasteiger partial charge is 0.129 e. The highest BCUT2D eigenvalue weighted by Crippen LogP contribution is 2.24. The number of halogens is 1. The van der Waals surface area contributed by atoms with Crippen molar-refractivity contribution in [1.29, 1.82) is 0 Å². The SMILES string of the molecule is Cc1c(CO)ccc2ccn(Cc3ccc(Cl)nc3)c12. The number of hydrogen-bond donors (Lipinski definition) is 1. The molecule has 0 spiro atoms. The molecule has 20 heavy (non-hydrogen) atoms. The van der Waals surface area contributed by atoms with Gasteiger partial charge in [-0.15, -0.1) is 0 Å². The standard InChI is InChI=1S/C16H15ClN2O/c1-11-14(10-20)4-3-13-6-7-19(16(11)13)9-12-2-5-15(17)18-8-12/h2-8,20H,9-10H2,1H3. The number of aromatic nitrogens is 2. The fourth-order valence-corrected chi connectivity index (χ4v) is 2.63. The van der Waals surface area contributed by atoms with Crippen molar-refractivity contribution >= 4 is 22.5 Å². The summed E-state index contributed by atoms with van der Waals surface area (Å²) in [7, 11) is 0. The Hall–Kier alpha value is -1.84. The molecular weight excluding hydrogens is 272 g/mol. The number of rotatable bonds is 3. The molecule has 0 aliphatic rings. The van der Waals surface area contributed by atoms with Gasteiger partial charge in [0.1, 0.15) is 5.15 Å². The lowest BCUT2D eigenvalue weighted by Gasteiger charge is -2.10. The Morgan fingerprint density at radius 1 is 1.20 bits per heavy atom. The van der Waals surface area contributed by atoms with Gasteiger partial charge < -0.3 is 9.67 Å². The maximum absolute atomic E-state index is 9.39. The summed E-state index contributed by atoms with van der Waals surface area (Å²) in [4.78, 5) is 4.11. The van der Waals surface area contributed by atoms with E-state index in [0.29, 0.717) is 5.15 Å². The van der Waals surface area contributed by atoms with E-state index in [0.717, 1.165) is 28.8 Å². The summed E-state index contributed by atoms with van der Waals surface area (Å²) in [5, 5.41) is 11.1. The molecule has 2 aromatic heterocycles. The van der Waals surface area contributed by atoms with Crippen LogP contribution >= 0.6 is 11.6 Å². The number of pyridine rings is 1. The highest BCUT2D eigenvalue weighted by atomic mass is 35.5. The Balaban J connectivity index is 2.05. The first-order valence-electron chi connectivity index (χ1n) is 6.47. The van der Waals surface area contributed by atoms with Gasteiger partial charge in [0.15, 0.2) is 0 Å². The van der Waals surface area contributed by atoms with Crippen molar-refractivity contribution in [3.05, 3.63) is 64.6 Å². The average Bonchev–Trinajstić information content (AvgIpc) is 2.86. The number of benzene rings is 1. The molecule has 0 aliphatic heterocycles. The first-order valence-corrected chi connectivity index (χ1v) is 6.85. The number of aliphatic hydroxyl groups excluding tert-OH is 1. The minimum atomic E-state index is 0.0649. The van der Waals surface area contributed by atoms with Crippen molar-refractivity contribution in [3.63, 3.8) is 0 Å². The van der Waals surface area contributed by atoms with Crippen LogP contribution in [0.25, 0.3) is 10.9 Å². The minimum absolute atomic E-state index is 0.0649. The van der Waals surface area contributed by atoms with E-state index in [-0.39, 0.29) is 6.61 Å². The molecule has 3 aromatic rings. The molecule has 3 nitrogen and oxygen atoms in total. The molecule has 4 heteroatoms. The van der Waals surface area contributed by atoms with Crippen LogP contribution in [0.5, 0.6) is 0 Å². The van der Waals surface area contributed by atoms with Crippen LogP contribution in [0, 0.1) is 6.92 Å². The molecule has 0 radical (unpaired) electrons. The third-order valence-electron chi connectivity index (χ3n) is 3.61. The van der Waals surface area contributed by atoms with E-state index in [4.69, 9.17) is 11.6 Å². The van der Waals surface area contributed by atoms with Crippen LogP contribution in [-0.2, 0) is 13.2 Å². The zero-order valence-electron chi connectivity index (χ0n) is 11.2. The van der Waals surface area contributed by atoms with Crippen LogP contribution in [-0.4, -0.2) is 14.7 Å². The summed E-state index contributed by atoms with van der Waals surface area (Å²) in [6, 6.07) is 9.89. The van der Waals surface area contributed by atoms with Crippen LogP contribution in [0.3, 0.4) is 0 Å². The molecule has 0 amide bonds. The Morgan fingerprint density at radius 3 is 2.75 bits per heavy atom. The third-order valence-corrected chi connectivity index (χ3v) is 3.83. The van der Waals surface area contributed by atoms with E-state index in [9.17, 15) is 5.11 Å². The molecule has 0 unspecified atom stereocenters. The zero-order chi connectivity index (χ0) is 14.1. The lowest BCUT2D eigenvalue weighted by Crippen LogP contribution is -2.01. The highest BCUT2D eigenvalue weighted by Gasteiger charge is 2.08. The second-order valence-corrected chi connectivity index (χ2v) is 5.27. The van der Waals surface area contributed by atoms with Crippen molar-refractivity contribution in [3.8, 4) is 0 Å². The predicted molar refractivity (Wildman–Crippen MR) is 80.9 cm³/mol. The number of hydrogen-bond acceptors (Lipinski definition) is 2. The Kier molecular flexibility index (Phi) is 3.47. The molecule has 1 aromatic carbocycles. The van der Waals surface area contributed by atoms with E-state index in [2.05, 4.69) is 21.8 Å². The van der Waals surface area contributed by atoms with Crippen LogP contribution in [0.2, 0.25) is 5.15 Å².